The summed E-state index contributed by atoms with van der Waals surface area (Å²) in [6.45, 7) is 2.07. The minimum atomic E-state index is 0.191. The van der Waals surface area contributed by atoms with Crippen LogP contribution in [-0.4, -0.2) is 19.7 Å². The van der Waals surface area contributed by atoms with E-state index >= 15 is 0 Å². The summed E-state index contributed by atoms with van der Waals surface area (Å²) in [5, 5.41) is 11.3. The first-order chi connectivity index (χ1) is 31.0. The lowest BCUT2D eigenvalue weighted by Crippen LogP contribution is -2.42. The average molecular weight is 829 g/mol. The Bertz CT molecular complexity index is 2880. The molecular weight excluding hydrogens is 790 g/mol. The standard InChI is InChI=1S/C55H38B2N2O3S/c1-35-54-46(56-52-44(42-26-14-16-28-48(42)60)30-40(32-49(52)61-54)58(36-18-6-2-7-19-36)37-20-8-3-9-21-37)34-47-55(35)62-50-33-41(31-45(53(50)57-47)43-27-15-17-29-51(43)63)59(38-22-10-4-11-23-38)39-24-12-5-13-25-39/h2-34,60,63H,1H3. The summed E-state index contributed by atoms with van der Waals surface area (Å²) in [6.07, 6.45) is 0. The first kappa shape index (κ1) is 38.4. The van der Waals surface area contributed by atoms with E-state index in [1.54, 1.807) is 6.07 Å². The van der Waals surface area contributed by atoms with Gasteiger partial charge >= 0.3 is 0 Å². The predicted octanol–water partition coefficient (Wildman–Crippen LogP) is 11.8. The summed E-state index contributed by atoms with van der Waals surface area (Å²) in [5.41, 5.74) is 14.1. The van der Waals surface area contributed by atoms with Crippen molar-refractivity contribution in [3.63, 3.8) is 0 Å². The van der Waals surface area contributed by atoms with Gasteiger partial charge in [0.15, 0.2) is 0 Å². The van der Waals surface area contributed by atoms with E-state index in [4.69, 9.17) is 22.1 Å². The molecule has 0 saturated heterocycles. The fourth-order valence-corrected chi connectivity index (χ4v) is 9.13. The van der Waals surface area contributed by atoms with Crippen LogP contribution in [0.4, 0.5) is 34.1 Å². The summed E-state index contributed by atoms with van der Waals surface area (Å²) < 4.78 is 14.2. The van der Waals surface area contributed by atoms with Crippen molar-refractivity contribution in [3.8, 4) is 51.0 Å². The fraction of sp³-hybridized carbons (Fsp3) is 0.0182. The SMILES string of the molecule is Cc1c2c(cc3c1Oc1cc(N(c4ccccc4)c4ccccc4)cc(-c4ccccc4S)c1[B]3)[B]c1c(cc(N(c3ccccc3)c3ccccc3)cc1-c1ccccc1O)O2. The van der Waals surface area contributed by atoms with Gasteiger partial charge in [-0.3, -0.25) is 0 Å². The molecule has 0 aromatic heterocycles. The van der Waals surface area contributed by atoms with Crippen LogP contribution in [0.3, 0.4) is 0 Å². The van der Waals surface area contributed by atoms with E-state index in [1.807, 2.05) is 78.9 Å². The molecule has 2 aliphatic heterocycles. The van der Waals surface area contributed by atoms with Crippen molar-refractivity contribution in [1.82, 2.24) is 0 Å². The second-order valence-corrected chi connectivity index (χ2v) is 16.2. The van der Waals surface area contributed by atoms with Crippen LogP contribution in [0.1, 0.15) is 5.56 Å². The smallest absolute Gasteiger partial charge is 0.202 e. The lowest BCUT2D eigenvalue weighted by atomic mass is 9.54. The Morgan fingerprint density at radius 2 is 0.794 bits per heavy atom. The maximum atomic E-state index is 11.3. The topological polar surface area (TPSA) is 45.2 Å². The number of aromatic hydroxyl groups is 1. The minimum Gasteiger partial charge on any atom is -0.507 e. The van der Waals surface area contributed by atoms with Gasteiger partial charge in [0.25, 0.3) is 0 Å². The number of phenolic OH excluding ortho intramolecular Hbond substituents is 1. The molecule has 11 rings (SSSR count). The first-order valence-electron chi connectivity index (χ1n) is 20.9. The van der Waals surface area contributed by atoms with E-state index < -0.39 is 0 Å². The third-order valence-corrected chi connectivity index (χ3v) is 12.1. The molecule has 8 heteroatoms. The third kappa shape index (κ3) is 6.99. The lowest BCUT2D eigenvalue weighted by molar-refractivity contribution is 0.459. The summed E-state index contributed by atoms with van der Waals surface area (Å²) in [6, 6.07) is 67.8. The van der Waals surface area contributed by atoms with Crippen molar-refractivity contribution in [1.29, 1.82) is 0 Å². The molecule has 298 valence electrons. The Kier molecular flexibility index (Phi) is 9.78. The molecule has 0 fully saturated rings. The van der Waals surface area contributed by atoms with Crippen LogP contribution in [0, 0.1) is 6.92 Å². The number of phenols is 1. The molecule has 0 saturated carbocycles. The Labute approximate surface area is 374 Å². The van der Waals surface area contributed by atoms with Crippen LogP contribution in [0.15, 0.2) is 205 Å². The molecule has 0 spiro atoms. The maximum absolute atomic E-state index is 11.3. The zero-order chi connectivity index (χ0) is 42.4. The molecule has 9 aromatic carbocycles. The predicted molar refractivity (Wildman–Crippen MR) is 263 cm³/mol. The Balaban J connectivity index is 1.06. The highest BCUT2D eigenvalue weighted by molar-refractivity contribution is 7.80. The molecule has 0 aliphatic carbocycles. The monoisotopic (exact) mass is 828 g/mol. The Morgan fingerprint density at radius 1 is 0.413 bits per heavy atom. The number of ether oxygens (including phenoxy) is 2. The van der Waals surface area contributed by atoms with Gasteiger partial charge < -0.3 is 24.4 Å². The Morgan fingerprint density at radius 3 is 1.22 bits per heavy atom. The zero-order valence-corrected chi connectivity index (χ0v) is 35.2. The van der Waals surface area contributed by atoms with Gasteiger partial charge in [0.2, 0.25) is 14.6 Å². The number of benzene rings is 9. The van der Waals surface area contributed by atoms with E-state index in [1.165, 1.54) is 0 Å². The van der Waals surface area contributed by atoms with Gasteiger partial charge in [-0.1, -0.05) is 115 Å². The number of rotatable bonds is 8. The van der Waals surface area contributed by atoms with E-state index in [2.05, 4.69) is 147 Å². The number of anilines is 6. The molecule has 0 bridgehead atoms. The van der Waals surface area contributed by atoms with E-state index in [0.717, 1.165) is 100 Å². The summed E-state index contributed by atoms with van der Waals surface area (Å²) in [7, 11) is 4.40. The number of thiol groups is 1. The van der Waals surface area contributed by atoms with Gasteiger partial charge in [0, 0.05) is 50.9 Å². The van der Waals surface area contributed by atoms with Gasteiger partial charge in [-0.05, 0) is 118 Å². The molecule has 0 atom stereocenters. The van der Waals surface area contributed by atoms with Crippen molar-refractivity contribution in [2.75, 3.05) is 9.80 Å². The maximum Gasteiger partial charge on any atom is 0.202 e. The molecular formula is C55H38B2N2O3S. The van der Waals surface area contributed by atoms with E-state index in [0.29, 0.717) is 11.3 Å². The molecule has 2 radical (unpaired) electrons. The molecule has 0 unspecified atom stereocenters. The van der Waals surface area contributed by atoms with Gasteiger partial charge in [-0.2, -0.15) is 0 Å². The lowest BCUT2D eigenvalue weighted by Gasteiger charge is -2.32. The van der Waals surface area contributed by atoms with Crippen molar-refractivity contribution in [2.45, 2.75) is 11.8 Å². The van der Waals surface area contributed by atoms with Crippen molar-refractivity contribution in [2.24, 2.45) is 0 Å². The highest BCUT2D eigenvalue weighted by Gasteiger charge is 2.33. The second-order valence-electron chi connectivity index (χ2n) is 15.7. The van der Waals surface area contributed by atoms with E-state index in [9.17, 15) is 5.11 Å². The van der Waals surface area contributed by atoms with Crippen molar-refractivity contribution < 1.29 is 14.6 Å². The fourth-order valence-electron chi connectivity index (χ4n) is 8.85. The molecule has 0 amide bonds. The molecule has 9 aromatic rings. The van der Waals surface area contributed by atoms with Crippen LogP contribution in [0.5, 0.6) is 28.7 Å². The van der Waals surface area contributed by atoms with Gasteiger partial charge in [-0.25, -0.2) is 0 Å². The quantitative estimate of drug-likeness (QED) is 0.118. The molecule has 1 N–H and O–H groups in total. The summed E-state index contributed by atoms with van der Waals surface area (Å²) in [4.78, 5) is 5.34. The number of hydrogen-bond acceptors (Lipinski definition) is 6. The van der Waals surface area contributed by atoms with Gasteiger partial charge in [0.1, 0.15) is 28.7 Å². The van der Waals surface area contributed by atoms with E-state index in [-0.39, 0.29) is 5.75 Å². The molecule has 5 nitrogen and oxygen atoms in total. The highest BCUT2D eigenvalue weighted by atomic mass is 32.1. The molecule has 2 heterocycles. The van der Waals surface area contributed by atoms with Crippen molar-refractivity contribution >= 4 is 83.2 Å². The Hall–Kier alpha value is -7.54. The molecule has 63 heavy (non-hydrogen) atoms. The van der Waals surface area contributed by atoms with Crippen LogP contribution in [0.25, 0.3) is 22.3 Å². The third-order valence-electron chi connectivity index (χ3n) is 11.8. The minimum absolute atomic E-state index is 0.191. The van der Waals surface area contributed by atoms with Crippen molar-refractivity contribution in [3.05, 3.63) is 206 Å². The highest BCUT2D eigenvalue weighted by Crippen LogP contribution is 2.45. The zero-order valence-electron chi connectivity index (χ0n) is 34.3. The molecule has 2 aliphatic rings. The number of nitrogens with zero attached hydrogens (tertiary/aromatic N) is 2. The van der Waals surface area contributed by atoms with Gasteiger partial charge in [-0.15, -0.1) is 12.6 Å². The number of hydrogen-bond donors (Lipinski definition) is 2. The normalized spacial score (nSPS) is 11.9. The van der Waals surface area contributed by atoms with Crippen LogP contribution in [0.2, 0.25) is 0 Å². The second kappa shape index (κ2) is 16.1. The average Bonchev–Trinajstić information content (AvgIpc) is 3.32. The van der Waals surface area contributed by atoms with Crippen LogP contribution >= 0.6 is 12.6 Å². The number of fused-ring (bicyclic) bond motifs is 4. The first-order valence-corrected chi connectivity index (χ1v) is 21.4. The summed E-state index contributed by atoms with van der Waals surface area (Å²) >= 11 is 4.96. The van der Waals surface area contributed by atoms with Gasteiger partial charge in [0.05, 0.1) is 11.4 Å². The largest absolute Gasteiger partial charge is 0.507 e. The van der Waals surface area contributed by atoms with Crippen LogP contribution in [-0.2, 0) is 0 Å². The summed E-state index contributed by atoms with van der Waals surface area (Å²) in [5.74, 6) is 3.05. The van der Waals surface area contributed by atoms with Crippen LogP contribution < -0.4 is 41.1 Å². The number of para-hydroxylation sites is 5.